The zero-order chi connectivity index (χ0) is 14.3. The van der Waals surface area contributed by atoms with Gasteiger partial charge in [-0.25, -0.2) is 0 Å². The average molecular weight is 296 g/mol. The molecule has 2 saturated carbocycles. The van der Waals surface area contributed by atoms with Gasteiger partial charge in [-0.15, -0.1) is 0 Å². The van der Waals surface area contributed by atoms with Gasteiger partial charge in [0.25, 0.3) is 10.1 Å². The molecule has 5 heteroatoms. The van der Waals surface area contributed by atoms with E-state index in [1.54, 1.807) is 24.3 Å². The summed E-state index contributed by atoms with van der Waals surface area (Å²) in [5.41, 5.74) is 1.01. The van der Waals surface area contributed by atoms with E-state index in [4.69, 9.17) is 4.18 Å². The van der Waals surface area contributed by atoms with E-state index in [0.29, 0.717) is 11.8 Å². The molecule has 2 aliphatic rings. The minimum atomic E-state index is -3.72. The summed E-state index contributed by atoms with van der Waals surface area (Å²) in [7, 11) is -3.72. The Kier molecular flexibility index (Phi) is 3.60. The standard InChI is InChI=1S/C15H20O4S/c1-10-2-6-13(7-3-10)20(17,18)19-9-14-11-4-5-12(8-11)15(14)16/h2-3,6-7,11-12,14-16H,4-5,8-9H2,1H3/t11-,12-,14+,15+/m1/s1. The first-order valence-corrected chi connectivity index (χ1v) is 8.52. The van der Waals surface area contributed by atoms with Crippen molar-refractivity contribution in [1.29, 1.82) is 0 Å². The normalized spacial score (nSPS) is 32.7. The molecule has 4 nitrogen and oxygen atoms in total. The molecule has 2 fully saturated rings. The maximum absolute atomic E-state index is 12.1. The lowest BCUT2D eigenvalue weighted by molar-refractivity contribution is 0.0350. The third-order valence-electron chi connectivity index (χ3n) is 4.77. The van der Waals surface area contributed by atoms with Gasteiger partial charge in [0, 0.05) is 5.92 Å². The highest BCUT2D eigenvalue weighted by atomic mass is 32.2. The second kappa shape index (κ2) is 5.13. The number of aliphatic hydroxyl groups is 1. The first kappa shape index (κ1) is 14.0. The number of hydrogen-bond acceptors (Lipinski definition) is 4. The molecule has 1 aromatic carbocycles. The maximum Gasteiger partial charge on any atom is 0.296 e. The number of benzene rings is 1. The fourth-order valence-electron chi connectivity index (χ4n) is 3.56. The van der Waals surface area contributed by atoms with Gasteiger partial charge in [0.15, 0.2) is 0 Å². The summed E-state index contributed by atoms with van der Waals surface area (Å²) >= 11 is 0. The molecule has 3 rings (SSSR count). The quantitative estimate of drug-likeness (QED) is 0.864. The van der Waals surface area contributed by atoms with Crippen LogP contribution >= 0.6 is 0 Å². The fourth-order valence-corrected chi connectivity index (χ4v) is 4.50. The van der Waals surface area contributed by atoms with Crippen LogP contribution in [0.25, 0.3) is 0 Å². The molecular formula is C15H20O4S. The highest BCUT2D eigenvalue weighted by molar-refractivity contribution is 7.86. The molecule has 110 valence electrons. The fraction of sp³-hybridized carbons (Fsp3) is 0.600. The highest BCUT2D eigenvalue weighted by Crippen LogP contribution is 2.48. The number of aryl methyl sites for hydroxylation is 1. The van der Waals surface area contributed by atoms with E-state index in [1.807, 2.05) is 6.92 Å². The van der Waals surface area contributed by atoms with Crippen molar-refractivity contribution in [2.45, 2.75) is 37.2 Å². The van der Waals surface area contributed by atoms with Gasteiger partial charge in [0.1, 0.15) is 0 Å². The molecular weight excluding hydrogens is 276 g/mol. The Balaban J connectivity index is 1.67. The van der Waals surface area contributed by atoms with Gasteiger partial charge < -0.3 is 5.11 Å². The van der Waals surface area contributed by atoms with Gasteiger partial charge in [-0.1, -0.05) is 17.7 Å². The van der Waals surface area contributed by atoms with Crippen molar-refractivity contribution in [2.24, 2.45) is 17.8 Å². The van der Waals surface area contributed by atoms with Crippen LogP contribution in [0.1, 0.15) is 24.8 Å². The third-order valence-corrected chi connectivity index (χ3v) is 6.06. The Morgan fingerprint density at radius 1 is 1.20 bits per heavy atom. The summed E-state index contributed by atoms with van der Waals surface area (Å²) in [4.78, 5) is 0.181. The maximum atomic E-state index is 12.1. The predicted molar refractivity (Wildman–Crippen MR) is 74.6 cm³/mol. The van der Waals surface area contributed by atoms with Crippen molar-refractivity contribution in [1.82, 2.24) is 0 Å². The molecule has 0 aliphatic heterocycles. The number of fused-ring (bicyclic) bond motifs is 2. The summed E-state index contributed by atoms with van der Waals surface area (Å²) < 4.78 is 29.4. The van der Waals surface area contributed by atoms with E-state index in [-0.39, 0.29) is 17.4 Å². The van der Waals surface area contributed by atoms with E-state index >= 15 is 0 Å². The summed E-state index contributed by atoms with van der Waals surface area (Å²) in [5, 5.41) is 10.1. The van der Waals surface area contributed by atoms with E-state index in [1.165, 1.54) is 0 Å². The van der Waals surface area contributed by atoms with Crippen molar-refractivity contribution < 1.29 is 17.7 Å². The first-order valence-electron chi connectivity index (χ1n) is 7.11. The molecule has 0 radical (unpaired) electrons. The summed E-state index contributed by atoms with van der Waals surface area (Å²) in [6.07, 6.45) is 2.76. The number of aliphatic hydroxyl groups excluding tert-OH is 1. The second-order valence-corrected chi connectivity index (χ2v) is 7.65. The van der Waals surface area contributed by atoms with Crippen LogP contribution in [0.5, 0.6) is 0 Å². The number of hydrogen-bond donors (Lipinski definition) is 1. The lowest BCUT2D eigenvalue weighted by Crippen LogP contribution is -2.31. The van der Waals surface area contributed by atoms with Gasteiger partial charge in [0.05, 0.1) is 17.6 Å². The number of rotatable bonds is 4. The molecule has 1 N–H and O–H groups in total. The van der Waals surface area contributed by atoms with E-state index in [2.05, 4.69) is 0 Å². The summed E-state index contributed by atoms with van der Waals surface area (Å²) in [5.74, 6) is 0.730. The Labute approximate surface area is 119 Å². The monoisotopic (exact) mass is 296 g/mol. The lowest BCUT2D eigenvalue weighted by Gasteiger charge is -2.26. The predicted octanol–water partition coefficient (Wildman–Crippen LogP) is 2.11. The molecule has 1 aromatic rings. The van der Waals surface area contributed by atoms with Crippen LogP contribution in [0, 0.1) is 24.7 Å². The van der Waals surface area contributed by atoms with Crippen LogP contribution in [-0.4, -0.2) is 26.2 Å². The van der Waals surface area contributed by atoms with Crippen LogP contribution in [-0.2, 0) is 14.3 Å². The van der Waals surface area contributed by atoms with Gasteiger partial charge in [-0.2, -0.15) is 8.42 Å². The molecule has 0 unspecified atom stereocenters. The highest BCUT2D eigenvalue weighted by Gasteiger charge is 2.47. The summed E-state index contributed by atoms with van der Waals surface area (Å²) in [6, 6.07) is 6.62. The molecule has 4 atom stereocenters. The van der Waals surface area contributed by atoms with Crippen LogP contribution < -0.4 is 0 Å². The topological polar surface area (TPSA) is 63.6 Å². The van der Waals surface area contributed by atoms with Crippen molar-refractivity contribution in [2.75, 3.05) is 6.61 Å². The van der Waals surface area contributed by atoms with Crippen LogP contribution in [0.2, 0.25) is 0 Å². The Bertz CT molecular complexity index is 576. The van der Waals surface area contributed by atoms with Crippen LogP contribution in [0.4, 0.5) is 0 Å². The lowest BCUT2D eigenvalue weighted by atomic mass is 9.87. The molecule has 2 bridgehead atoms. The van der Waals surface area contributed by atoms with Gasteiger partial charge in [-0.3, -0.25) is 4.18 Å². The van der Waals surface area contributed by atoms with E-state index in [9.17, 15) is 13.5 Å². The van der Waals surface area contributed by atoms with Gasteiger partial charge in [0.2, 0.25) is 0 Å². The van der Waals surface area contributed by atoms with Crippen LogP contribution in [0.3, 0.4) is 0 Å². The van der Waals surface area contributed by atoms with Crippen LogP contribution in [0.15, 0.2) is 29.2 Å². The molecule has 0 spiro atoms. The molecule has 2 aliphatic carbocycles. The molecule has 20 heavy (non-hydrogen) atoms. The average Bonchev–Trinajstić information content (AvgIpc) is 2.98. The van der Waals surface area contributed by atoms with Gasteiger partial charge >= 0.3 is 0 Å². The Hall–Kier alpha value is -0.910. The molecule has 0 amide bonds. The largest absolute Gasteiger partial charge is 0.392 e. The van der Waals surface area contributed by atoms with Crippen molar-refractivity contribution in [3.63, 3.8) is 0 Å². The Morgan fingerprint density at radius 3 is 2.45 bits per heavy atom. The minimum Gasteiger partial charge on any atom is -0.392 e. The first-order chi connectivity index (χ1) is 9.47. The summed E-state index contributed by atoms with van der Waals surface area (Å²) in [6.45, 7) is 2.00. The molecule has 0 aromatic heterocycles. The second-order valence-electron chi connectivity index (χ2n) is 6.04. The van der Waals surface area contributed by atoms with Crippen molar-refractivity contribution >= 4 is 10.1 Å². The SMILES string of the molecule is Cc1ccc(S(=O)(=O)OC[C@H]2[C@@H]3CC[C@H](C3)[C@@H]2O)cc1. The molecule has 0 heterocycles. The zero-order valence-corrected chi connectivity index (χ0v) is 12.3. The minimum absolute atomic E-state index is 0.0334. The smallest absolute Gasteiger partial charge is 0.296 e. The third kappa shape index (κ3) is 2.50. The zero-order valence-electron chi connectivity index (χ0n) is 11.5. The van der Waals surface area contributed by atoms with Crippen molar-refractivity contribution in [3.05, 3.63) is 29.8 Å². The van der Waals surface area contributed by atoms with Crippen molar-refractivity contribution in [3.8, 4) is 0 Å². The molecule has 0 saturated heterocycles. The van der Waals surface area contributed by atoms with Gasteiger partial charge in [-0.05, 0) is 50.2 Å². The van der Waals surface area contributed by atoms with E-state index in [0.717, 1.165) is 24.8 Å². The Morgan fingerprint density at radius 2 is 1.85 bits per heavy atom. The van der Waals surface area contributed by atoms with E-state index < -0.39 is 16.2 Å².